The highest BCUT2D eigenvalue weighted by molar-refractivity contribution is 6.30. The lowest BCUT2D eigenvalue weighted by Gasteiger charge is -2.29. The zero-order valence-electron chi connectivity index (χ0n) is 22.3. The molecule has 196 valence electrons. The highest BCUT2D eigenvalue weighted by Crippen LogP contribution is 2.44. The predicted octanol–water partition coefficient (Wildman–Crippen LogP) is 5.01. The summed E-state index contributed by atoms with van der Waals surface area (Å²) in [7, 11) is 1.52. The third-order valence-electron chi connectivity index (χ3n) is 6.49. The highest BCUT2D eigenvalue weighted by atomic mass is 16.5. The van der Waals surface area contributed by atoms with Gasteiger partial charge in [0.05, 0.1) is 42.1 Å². The number of hydrogen-bond donors (Lipinski definition) is 2. The standard InChI is InChI=1S/C29H38O7/c1-8-17(6)21(30)13-22(31)24-18(14-34-7)12-20-26(29(24)36-16(4)5)28(33)25-19(27(20)32)10-9-11-23(25)35-15(2)3/h9-12,15-17,21-22,30-31H,8,13-14H2,1-7H3/t17-,21?,22?/m0/s1. The molecule has 1 aliphatic carbocycles. The van der Waals surface area contributed by atoms with Gasteiger partial charge in [-0.3, -0.25) is 9.59 Å². The van der Waals surface area contributed by atoms with E-state index >= 15 is 0 Å². The first-order chi connectivity index (χ1) is 17.0. The van der Waals surface area contributed by atoms with Gasteiger partial charge in [0.25, 0.3) is 0 Å². The van der Waals surface area contributed by atoms with Gasteiger partial charge in [-0.05, 0) is 51.3 Å². The molecule has 0 saturated heterocycles. The molecular weight excluding hydrogens is 460 g/mol. The zero-order valence-corrected chi connectivity index (χ0v) is 22.3. The van der Waals surface area contributed by atoms with E-state index in [2.05, 4.69) is 0 Å². The summed E-state index contributed by atoms with van der Waals surface area (Å²) in [5, 5.41) is 22.0. The maximum absolute atomic E-state index is 14.0. The Hall–Kier alpha value is -2.74. The molecule has 36 heavy (non-hydrogen) atoms. The fraction of sp³-hybridized carbons (Fsp3) is 0.517. The average Bonchev–Trinajstić information content (AvgIpc) is 2.80. The number of ether oxygens (including phenoxy) is 3. The number of carbonyl (C=O) groups is 2. The predicted molar refractivity (Wildman–Crippen MR) is 137 cm³/mol. The average molecular weight is 499 g/mol. The maximum Gasteiger partial charge on any atom is 0.201 e. The second kappa shape index (κ2) is 11.5. The molecule has 0 heterocycles. The van der Waals surface area contributed by atoms with Crippen molar-refractivity contribution in [2.45, 2.75) is 85.4 Å². The SMILES string of the molecule is CC[C@H](C)C(O)CC(O)c1c(COC)cc2c(c1OC(C)C)C(=O)c1c(OC(C)C)cccc1C2=O. The van der Waals surface area contributed by atoms with Gasteiger partial charge in [0.2, 0.25) is 5.78 Å². The first-order valence-electron chi connectivity index (χ1n) is 12.6. The quantitative estimate of drug-likeness (QED) is 0.383. The molecule has 3 atom stereocenters. The van der Waals surface area contributed by atoms with E-state index in [4.69, 9.17) is 14.2 Å². The second-order valence-corrected chi connectivity index (χ2v) is 10.0. The minimum absolute atomic E-state index is 0.0246. The van der Waals surface area contributed by atoms with Crippen LogP contribution in [0.25, 0.3) is 0 Å². The van der Waals surface area contributed by atoms with Crippen molar-refractivity contribution in [1.29, 1.82) is 0 Å². The van der Waals surface area contributed by atoms with Crippen LogP contribution in [0, 0.1) is 5.92 Å². The summed E-state index contributed by atoms with van der Waals surface area (Å²) in [6.07, 6.45) is -1.63. The van der Waals surface area contributed by atoms with Crippen LogP contribution in [0.15, 0.2) is 24.3 Å². The van der Waals surface area contributed by atoms with E-state index in [1.165, 1.54) is 7.11 Å². The molecule has 0 saturated carbocycles. The summed E-state index contributed by atoms with van der Waals surface area (Å²) in [4.78, 5) is 27.7. The molecule has 0 fully saturated rings. The highest BCUT2D eigenvalue weighted by Gasteiger charge is 2.39. The first-order valence-corrected chi connectivity index (χ1v) is 12.6. The van der Waals surface area contributed by atoms with Crippen molar-refractivity contribution in [3.05, 3.63) is 57.6 Å². The molecule has 1 aliphatic rings. The van der Waals surface area contributed by atoms with Gasteiger partial charge in [-0.1, -0.05) is 32.4 Å². The Morgan fingerprint density at radius 3 is 2.14 bits per heavy atom. The minimum atomic E-state index is -1.13. The van der Waals surface area contributed by atoms with Gasteiger partial charge in [0.15, 0.2) is 5.78 Å². The molecule has 0 bridgehead atoms. The van der Waals surface area contributed by atoms with Gasteiger partial charge in [-0.25, -0.2) is 0 Å². The smallest absolute Gasteiger partial charge is 0.201 e. The molecule has 7 nitrogen and oxygen atoms in total. The van der Waals surface area contributed by atoms with Gasteiger partial charge in [0.1, 0.15) is 11.5 Å². The van der Waals surface area contributed by atoms with Crippen LogP contribution in [-0.2, 0) is 11.3 Å². The second-order valence-electron chi connectivity index (χ2n) is 10.0. The Morgan fingerprint density at radius 1 is 0.889 bits per heavy atom. The Balaban J connectivity index is 2.28. The zero-order chi connectivity index (χ0) is 26.7. The van der Waals surface area contributed by atoms with Crippen molar-refractivity contribution in [2.75, 3.05) is 7.11 Å². The molecular formula is C29H38O7. The van der Waals surface area contributed by atoms with E-state index < -0.39 is 18.0 Å². The Labute approximate surface area is 213 Å². The van der Waals surface area contributed by atoms with E-state index in [0.29, 0.717) is 16.9 Å². The van der Waals surface area contributed by atoms with E-state index in [0.717, 1.165) is 6.42 Å². The molecule has 3 rings (SSSR count). The lowest BCUT2D eigenvalue weighted by atomic mass is 9.79. The van der Waals surface area contributed by atoms with Crippen LogP contribution >= 0.6 is 0 Å². The van der Waals surface area contributed by atoms with Crippen molar-refractivity contribution in [3.63, 3.8) is 0 Å². The topological polar surface area (TPSA) is 102 Å². The van der Waals surface area contributed by atoms with Crippen LogP contribution < -0.4 is 9.47 Å². The molecule has 0 aromatic heterocycles. The number of carbonyl (C=O) groups excluding carboxylic acids is 2. The van der Waals surface area contributed by atoms with Crippen molar-refractivity contribution in [3.8, 4) is 11.5 Å². The molecule has 2 aromatic carbocycles. The third-order valence-corrected chi connectivity index (χ3v) is 6.49. The maximum atomic E-state index is 14.0. The molecule has 0 aliphatic heterocycles. The van der Waals surface area contributed by atoms with E-state index in [1.54, 1.807) is 24.3 Å². The van der Waals surface area contributed by atoms with Crippen LogP contribution in [0.2, 0.25) is 0 Å². The molecule has 2 N–H and O–H groups in total. The van der Waals surface area contributed by atoms with Crippen molar-refractivity contribution in [1.82, 2.24) is 0 Å². The number of aliphatic hydroxyl groups is 2. The van der Waals surface area contributed by atoms with Crippen LogP contribution in [-0.4, -0.2) is 47.2 Å². The number of rotatable bonds is 11. The van der Waals surface area contributed by atoms with Gasteiger partial charge < -0.3 is 24.4 Å². The Kier molecular flexibility index (Phi) is 8.93. The summed E-state index contributed by atoms with van der Waals surface area (Å²) in [6.45, 7) is 11.3. The Bertz CT molecular complexity index is 1120. The number of fused-ring (bicyclic) bond motifs is 2. The van der Waals surface area contributed by atoms with E-state index in [9.17, 15) is 19.8 Å². The molecule has 2 aromatic rings. The van der Waals surface area contributed by atoms with Crippen molar-refractivity contribution in [2.24, 2.45) is 5.92 Å². The summed E-state index contributed by atoms with van der Waals surface area (Å²) in [5.74, 6) is -0.255. The molecule has 0 spiro atoms. The van der Waals surface area contributed by atoms with Crippen LogP contribution in [0.3, 0.4) is 0 Å². The number of methoxy groups -OCH3 is 1. The van der Waals surface area contributed by atoms with E-state index in [1.807, 2.05) is 41.5 Å². The van der Waals surface area contributed by atoms with Crippen LogP contribution in [0.1, 0.15) is 103 Å². The molecule has 2 unspecified atom stereocenters. The fourth-order valence-electron chi connectivity index (χ4n) is 4.56. The fourth-order valence-corrected chi connectivity index (χ4v) is 4.56. The Morgan fingerprint density at radius 2 is 1.56 bits per heavy atom. The van der Waals surface area contributed by atoms with Gasteiger partial charge >= 0.3 is 0 Å². The minimum Gasteiger partial charge on any atom is -0.490 e. The van der Waals surface area contributed by atoms with Crippen LogP contribution in [0.4, 0.5) is 0 Å². The molecule has 7 heteroatoms. The van der Waals surface area contributed by atoms with Crippen molar-refractivity contribution < 1.29 is 34.0 Å². The van der Waals surface area contributed by atoms with Gasteiger partial charge in [-0.2, -0.15) is 0 Å². The molecule has 0 amide bonds. The van der Waals surface area contributed by atoms with Gasteiger partial charge in [-0.15, -0.1) is 0 Å². The number of hydrogen-bond acceptors (Lipinski definition) is 7. The monoisotopic (exact) mass is 498 g/mol. The first kappa shape index (κ1) is 27.8. The summed E-state index contributed by atoms with van der Waals surface area (Å²) >= 11 is 0. The summed E-state index contributed by atoms with van der Waals surface area (Å²) < 4.78 is 17.4. The van der Waals surface area contributed by atoms with Crippen molar-refractivity contribution >= 4 is 11.6 Å². The van der Waals surface area contributed by atoms with Gasteiger partial charge in [0, 0.05) is 30.2 Å². The number of ketones is 2. The third kappa shape index (κ3) is 5.48. The summed E-state index contributed by atoms with van der Waals surface area (Å²) in [6, 6.07) is 6.60. The lowest BCUT2D eigenvalue weighted by molar-refractivity contribution is 0.0441. The van der Waals surface area contributed by atoms with E-state index in [-0.39, 0.29) is 64.9 Å². The normalized spacial score (nSPS) is 15.5. The number of aliphatic hydroxyl groups excluding tert-OH is 2. The number of benzene rings is 2. The largest absolute Gasteiger partial charge is 0.490 e. The molecule has 0 radical (unpaired) electrons. The summed E-state index contributed by atoms with van der Waals surface area (Å²) in [5.41, 5.74) is 1.67. The lowest BCUT2D eigenvalue weighted by Crippen LogP contribution is -2.27. The van der Waals surface area contributed by atoms with Crippen LogP contribution in [0.5, 0.6) is 11.5 Å².